The van der Waals surface area contributed by atoms with Gasteiger partial charge in [-0.15, -0.1) is 0 Å². The fraction of sp³-hybridized carbons (Fsp3) is 0. The molecule has 0 spiro atoms. The van der Waals surface area contributed by atoms with E-state index < -0.39 is 0 Å². The molecule has 4 nitrogen and oxygen atoms in total. The first kappa shape index (κ1) is 16.4. The van der Waals surface area contributed by atoms with Gasteiger partial charge in [-0.3, -0.25) is 5.43 Å². The summed E-state index contributed by atoms with van der Waals surface area (Å²) in [5, 5.41) is 8.02. The average molecular weight is 349 g/mol. The number of hydrogen-bond donors (Lipinski definition) is 3. The molecule has 0 aliphatic rings. The summed E-state index contributed by atoms with van der Waals surface area (Å²) >= 11 is 16.1. The third-order valence-corrected chi connectivity index (χ3v) is 3.28. The first-order valence-corrected chi connectivity index (χ1v) is 7.51. The second-order valence-corrected chi connectivity index (χ2v) is 5.55. The molecule has 0 amide bonds. The Hall–Kier alpha value is -2.02. The van der Waals surface area contributed by atoms with Crippen molar-refractivity contribution in [2.24, 2.45) is 10.8 Å². The van der Waals surface area contributed by atoms with Crippen molar-refractivity contribution >= 4 is 57.5 Å². The number of anilines is 1. The number of nitrogens with two attached hydrogens (primary N) is 1. The van der Waals surface area contributed by atoms with Crippen LogP contribution in [0.3, 0.4) is 0 Å². The molecule has 0 saturated heterocycles. The highest BCUT2D eigenvalue weighted by atomic mass is 35.5. The van der Waals surface area contributed by atoms with Gasteiger partial charge in [0, 0.05) is 16.3 Å². The minimum Gasteiger partial charge on any atom is -0.375 e. The van der Waals surface area contributed by atoms with E-state index in [2.05, 4.69) is 15.8 Å². The van der Waals surface area contributed by atoms with Crippen molar-refractivity contribution < 1.29 is 0 Å². The fourth-order valence-corrected chi connectivity index (χ4v) is 2.13. The molecular formula is C15H13ClN4S2. The number of hydrazone groups is 1. The number of benzene rings is 2. The molecule has 0 bridgehead atoms. The van der Waals surface area contributed by atoms with Gasteiger partial charge in [-0.1, -0.05) is 54.2 Å². The number of nitrogens with one attached hydrogen (secondary N) is 2. The predicted molar refractivity (Wildman–Crippen MR) is 101 cm³/mol. The number of rotatable bonds is 4. The van der Waals surface area contributed by atoms with Crippen molar-refractivity contribution in [2.75, 3.05) is 5.32 Å². The highest BCUT2D eigenvalue weighted by Crippen LogP contribution is 2.14. The molecule has 112 valence electrons. The first-order valence-electron chi connectivity index (χ1n) is 6.32. The van der Waals surface area contributed by atoms with Crippen LogP contribution >= 0.6 is 36.0 Å². The maximum atomic E-state index is 5.87. The lowest BCUT2D eigenvalue weighted by molar-refractivity contribution is 1.04. The normalized spacial score (nSPS) is 10.9. The Morgan fingerprint density at radius 3 is 2.23 bits per heavy atom. The zero-order valence-corrected chi connectivity index (χ0v) is 13.8. The van der Waals surface area contributed by atoms with Gasteiger partial charge in [0.1, 0.15) is 10.7 Å². The zero-order chi connectivity index (χ0) is 15.9. The number of thiocarbonyl (C=S) groups is 2. The van der Waals surface area contributed by atoms with Crippen molar-refractivity contribution in [1.82, 2.24) is 5.43 Å². The van der Waals surface area contributed by atoms with Crippen LogP contribution < -0.4 is 16.5 Å². The third-order valence-electron chi connectivity index (χ3n) is 2.64. The van der Waals surface area contributed by atoms with Gasteiger partial charge in [-0.05, 0) is 36.5 Å². The Labute approximate surface area is 144 Å². The monoisotopic (exact) mass is 348 g/mol. The van der Waals surface area contributed by atoms with Gasteiger partial charge in [0.25, 0.3) is 0 Å². The molecule has 0 fully saturated rings. The predicted octanol–water partition coefficient (Wildman–Crippen LogP) is 3.32. The summed E-state index contributed by atoms with van der Waals surface area (Å²) in [5.41, 5.74) is 10.2. The second kappa shape index (κ2) is 7.84. The van der Waals surface area contributed by atoms with E-state index >= 15 is 0 Å². The van der Waals surface area contributed by atoms with Crippen molar-refractivity contribution in [2.45, 2.75) is 0 Å². The molecule has 2 aromatic carbocycles. The van der Waals surface area contributed by atoms with E-state index in [1.807, 2.05) is 42.5 Å². The van der Waals surface area contributed by atoms with Crippen molar-refractivity contribution in [1.29, 1.82) is 0 Å². The van der Waals surface area contributed by atoms with E-state index in [0.29, 0.717) is 15.7 Å². The maximum Gasteiger partial charge on any atom is 0.184 e. The SMILES string of the molecule is NC(=S)NN=C(C(=S)Nc1ccc(Cl)cc1)c1ccccc1. The molecule has 0 saturated carbocycles. The Bertz CT molecular complexity index is 699. The lowest BCUT2D eigenvalue weighted by Gasteiger charge is -2.11. The summed E-state index contributed by atoms with van der Waals surface area (Å²) in [6.45, 7) is 0. The quantitative estimate of drug-likeness (QED) is 0.449. The van der Waals surface area contributed by atoms with Gasteiger partial charge in [0.2, 0.25) is 0 Å². The highest BCUT2D eigenvalue weighted by molar-refractivity contribution is 7.82. The van der Waals surface area contributed by atoms with Gasteiger partial charge < -0.3 is 11.1 Å². The van der Waals surface area contributed by atoms with E-state index in [4.69, 9.17) is 41.8 Å². The van der Waals surface area contributed by atoms with Gasteiger partial charge in [0.05, 0.1) is 0 Å². The van der Waals surface area contributed by atoms with Crippen LogP contribution in [0.25, 0.3) is 0 Å². The molecule has 2 aromatic rings. The van der Waals surface area contributed by atoms with Gasteiger partial charge in [-0.25, -0.2) is 0 Å². The van der Waals surface area contributed by atoms with Crippen LogP contribution in [0.2, 0.25) is 5.02 Å². The third kappa shape index (κ3) is 4.77. The fourth-order valence-electron chi connectivity index (χ4n) is 1.68. The van der Waals surface area contributed by atoms with E-state index in [1.165, 1.54) is 0 Å². The largest absolute Gasteiger partial charge is 0.375 e. The summed E-state index contributed by atoms with van der Waals surface area (Å²) in [6, 6.07) is 16.7. The van der Waals surface area contributed by atoms with E-state index in [1.54, 1.807) is 12.1 Å². The standard InChI is InChI=1S/C15H13ClN4S2/c16-11-6-8-12(9-7-11)18-14(21)13(19-20-15(17)22)10-4-2-1-3-5-10/h1-9H,(H,18,21)(H3,17,20,22). The first-order chi connectivity index (χ1) is 10.6. The number of halogens is 1. The minimum atomic E-state index is 0.0720. The molecular weight excluding hydrogens is 336 g/mol. The highest BCUT2D eigenvalue weighted by Gasteiger charge is 2.10. The zero-order valence-electron chi connectivity index (χ0n) is 11.4. The second-order valence-electron chi connectivity index (χ2n) is 4.26. The molecule has 0 unspecified atom stereocenters. The van der Waals surface area contributed by atoms with Gasteiger partial charge in [-0.2, -0.15) is 5.10 Å². The maximum absolute atomic E-state index is 5.87. The molecule has 2 rings (SSSR count). The van der Waals surface area contributed by atoms with Crippen LogP contribution in [0, 0.1) is 0 Å². The van der Waals surface area contributed by atoms with Crippen LogP contribution in [0.1, 0.15) is 5.56 Å². The molecule has 0 aliphatic heterocycles. The van der Waals surface area contributed by atoms with E-state index in [0.717, 1.165) is 11.3 Å². The van der Waals surface area contributed by atoms with Crippen LogP contribution in [0.15, 0.2) is 59.7 Å². The Balaban J connectivity index is 2.24. The van der Waals surface area contributed by atoms with Crippen LogP contribution in [0.5, 0.6) is 0 Å². The summed E-state index contributed by atoms with van der Waals surface area (Å²) < 4.78 is 0. The number of hydrogen-bond acceptors (Lipinski definition) is 3. The summed E-state index contributed by atoms with van der Waals surface area (Å²) in [6.07, 6.45) is 0. The summed E-state index contributed by atoms with van der Waals surface area (Å²) in [7, 11) is 0. The van der Waals surface area contributed by atoms with Crippen molar-refractivity contribution in [3.8, 4) is 0 Å². The molecule has 4 N–H and O–H groups in total. The lowest BCUT2D eigenvalue weighted by Crippen LogP contribution is -2.29. The molecule has 0 aromatic heterocycles. The molecule has 22 heavy (non-hydrogen) atoms. The van der Waals surface area contributed by atoms with Crippen molar-refractivity contribution in [3.63, 3.8) is 0 Å². The van der Waals surface area contributed by atoms with E-state index in [-0.39, 0.29) is 5.11 Å². The summed E-state index contributed by atoms with van der Waals surface area (Å²) in [5.74, 6) is 0. The van der Waals surface area contributed by atoms with Gasteiger partial charge >= 0.3 is 0 Å². The van der Waals surface area contributed by atoms with Crippen molar-refractivity contribution in [3.05, 3.63) is 65.2 Å². The Kier molecular flexibility index (Phi) is 5.83. The Morgan fingerprint density at radius 1 is 1.00 bits per heavy atom. The molecule has 0 atom stereocenters. The van der Waals surface area contributed by atoms with E-state index in [9.17, 15) is 0 Å². The van der Waals surface area contributed by atoms with Crippen LogP contribution in [-0.4, -0.2) is 15.8 Å². The molecule has 0 aliphatic carbocycles. The smallest absolute Gasteiger partial charge is 0.184 e. The molecule has 0 heterocycles. The van der Waals surface area contributed by atoms with Gasteiger partial charge in [0.15, 0.2) is 5.11 Å². The Morgan fingerprint density at radius 2 is 1.64 bits per heavy atom. The lowest BCUT2D eigenvalue weighted by atomic mass is 10.1. The van der Waals surface area contributed by atoms with Crippen LogP contribution in [-0.2, 0) is 0 Å². The molecule has 7 heteroatoms. The topological polar surface area (TPSA) is 62.4 Å². The summed E-state index contributed by atoms with van der Waals surface area (Å²) in [4.78, 5) is 0.442. The molecule has 0 radical (unpaired) electrons. The number of nitrogens with zero attached hydrogens (tertiary/aromatic N) is 1. The minimum absolute atomic E-state index is 0.0720. The van der Waals surface area contributed by atoms with Crippen LogP contribution in [0.4, 0.5) is 5.69 Å². The average Bonchev–Trinajstić information content (AvgIpc) is 2.50.